The molecule has 1 aromatic carbocycles. The average molecular weight is 282 g/mol. The van der Waals surface area contributed by atoms with E-state index >= 15 is 0 Å². The van der Waals surface area contributed by atoms with Gasteiger partial charge in [-0.25, -0.2) is 0 Å². The smallest absolute Gasteiger partial charge is 0.324 e. The highest BCUT2D eigenvalue weighted by Crippen LogP contribution is 2.16. The second kappa shape index (κ2) is 6.31. The van der Waals surface area contributed by atoms with Gasteiger partial charge in [0, 0.05) is 16.5 Å². The summed E-state index contributed by atoms with van der Waals surface area (Å²) in [7, 11) is 0. The fourth-order valence-corrected chi connectivity index (χ4v) is 1.48. The van der Waals surface area contributed by atoms with E-state index in [-0.39, 0.29) is 13.0 Å². The van der Waals surface area contributed by atoms with Gasteiger partial charge >= 0.3 is 5.97 Å². The molecule has 0 aliphatic rings. The Balaban J connectivity index is 2.50. The van der Waals surface area contributed by atoms with Gasteiger partial charge < -0.3 is 10.5 Å². The molecule has 1 aromatic rings. The Morgan fingerprint density at radius 1 is 1.56 bits per heavy atom. The van der Waals surface area contributed by atoms with Crippen LogP contribution in [0.4, 0.5) is 0 Å². The first-order valence-corrected chi connectivity index (χ1v) is 5.53. The van der Waals surface area contributed by atoms with Crippen molar-refractivity contribution in [3.8, 4) is 12.3 Å². The number of rotatable bonds is 4. The van der Waals surface area contributed by atoms with Crippen LogP contribution >= 0.6 is 15.9 Å². The minimum atomic E-state index is -0.743. The zero-order valence-corrected chi connectivity index (χ0v) is 10.2. The average Bonchev–Trinajstić information content (AvgIpc) is 2.28. The standard InChI is InChI=1S/C12H12BrNO2/c1-2-5-11(14)12(15)16-8-9-6-3-4-7-10(9)13/h1,3-4,6-7,11H,5,8,14H2. The molecule has 3 nitrogen and oxygen atoms in total. The molecule has 1 unspecified atom stereocenters. The van der Waals surface area contributed by atoms with E-state index < -0.39 is 12.0 Å². The Morgan fingerprint density at radius 2 is 2.25 bits per heavy atom. The number of benzene rings is 1. The first-order chi connectivity index (χ1) is 7.65. The molecule has 0 bridgehead atoms. The number of halogens is 1. The SMILES string of the molecule is C#CCC(N)C(=O)OCc1ccccc1Br. The third-order valence-electron chi connectivity index (χ3n) is 1.97. The molecule has 1 atom stereocenters. The summed E-state index contributed by atoms with van der Waals surface area (Å²) in [6.45, 7) is 0.193. The fourth-order valence-electron chi connectivity index (χ4n) is 1.08. The van der Waals surface area contributed by atoms with Gasteiger partial charge in [-0.3, -0.25) is 4.79 Å². The van der Waals surface area contributed by atoms with Crippen molar-refractivity contribution in [3.63, 3.8) is 0 Å². The number of hydrogen-bond acceptors (Lipinski definition) is 3. The van der Waals surface area contributed by atoms with E-state index in [0.29, 0.717) is 0 Å². The Labute approximate surface area is 103 Å². The van der Waals surface area contributed by atoms with Gasteiger partial charge in [-0.15, -0.1) is 12.3 Å². The lowest BCUT2D eigenvalue weighted by atomic mass is 10.2. The largest absolute Gasteiger partial charge is 0.460 e. The van der Waals surface area contributed by atoms with Crippen molar-refractivity contribution in [2.24, 2.45) is 5.73 Å². The van der Waals surface area contributed by atoms with E-state index in [4.69, 9.17) is 16.9 Å². The Morgan fingerprint density at radius 3 is 2.88 bits per heavy atom. The number of hydrogen-bond donors (Lipinski definition) is 1. The van der Waals surface area contributed by atoms with Crippen LogP contribution in [0.15, 0.2) is 28.7 Å². The highest BCUT2D eigenvalue weighted by Gasteiger charge is 2.13. The second-order valence-corrected chi connectivity index (χ2v) is 4.07. The number of terminal acetylenes is 1. The Kier molecular flexibility index (Phi) is 5.03. The molecule has 16 heavy (non-hydrogen) atoms. The van der Waals surface area contributed by atoms with Crippen LogP contribution < -0.4 is 5.73 Å². The van der Waals surface area contributed by atoms with E-state index in [1.165, 1.54) is 0 Å². The van der Waals surface area contributed by atoms with Gasteiger partial charge in [0.15, 0.2) is 0 Å². The van der Waals surface area contributed by atoms with Crippen LogP contribution in [0, 0.1) is 12.3 Å². The quantitative estimate of drug-likeness (QED) is 0.677. The fraction of sp³-hybridized carbons (Fsp3) is 0.250. The molecule has 0 spiro atoms. The van der Waals surface area contributed by atoms with Crippen LogP contribution in [0.1, 0.15) is 12.0 Å². The van der Waals surface area contributed by atoms with Crippen LogP contribution in [0.25, 0.3) is 0 Å². The number of carbonyl (C=O) groups is 1. The van der Waals surface area contributed by atoms with Crippen LogP contribution in [-0.2, 0) is 16.1 Å². The number of esters is 1. The third-order valence-corrected chi connectivity index (χ3v) is 2.74. The highest BCUT2D eigenvalue weighted by atomic mass is 79.9. The zero-order valence-electron chi connectivity index (χ0n) is 8.65. The molecule has 0 radical (unpaired) electrons. The van der Waals surface area contributed by atoms with E-state index in [1.807, 2.05) is 24.3 Å². The Hall–Kier alpha value is -1.31. The van der Waals surface area contributed by atoms with E-state index in [1.54, 1.807) is 0 Å². The lowest BCUT2D eigenvalue weighted by molar-refractivity contribution is -0.146. The Bertz CT molecular complexity index is 412. The van der Waals surface area contributed by atoms with Crippen molar-refractivity contribution < 1.29 is 9.53 Å². The van der Waals surface area contributed by atoms with Gasteiger partial charge in [0.1, 0.15) is 12.6 Å². The maximum atomic E-state index is 11.4. The van der Waals surface area contributed by atoms with E-state index in [9.17, 15) is 4.79 Å². The van der Waals surface area contributed by atoms with Gasteiger partial charge in [0.25, 0.3) is 0 Å². The van der Waals surface area contributed by atoms with Crippen molar-refractivity contribution in [1.29, 1.82) is 0 Å². The van der Waals surface area contributed by atoms with Gasteiger partial charge in [0.2, 0.25) is 0 Å². The molecule has 0 saturated heterocycles. The summed E-state index contributed by atoms with van der Waals surface area (Å²) in [6, 6.07) is 6.76. The molecule has 84 valence electrons. The lowest BCUT2D eigenvalue weighted by Crippen LogP contribution is -2.31. The van der Waals surface area contributed by atoms with Crippen LogP contribution in [0.5, 0.6) is 0 Å². The monoisotopic (exact) mass is 281 g/mol. The summed E-state index contributed by atoms with van der Waals surface area (Å²) >= 11 is 3.36. The van der Waals surface area contributed by atoms with Gasteiger partial charge in [0.05, 0.1) is 0 Å². The molecular weight excluding hydrogens is 270 g/mol. The van der Waals surface area contributed by atoms with Crippen LogP contribution in [-0.4, -0.2) is 12.0 Å². The molecule has 2 N–H and O–H groups in total. The summed E-state index contributed by atoms with van der Waals surface area (Å²) < 4.78 is 5.93. The molecule has 0 aromatic heterocycles. The summed E-state index contributed by atoms with van der Waals surface area (Å²) in [5, 5.41) is 0. The normalized spacial score (nSPS) is 11.6. The number of ether oxygens (including phenoxy) is 1. The molecule has 0 amide bonds. The van der Waals surface area contributed by atoms with E-state index in [2.05, 4.69) is 21.9 Å². The molecule has 4 heteroatoms. The maximum Gasteiger partial charge on any atom is 0.324 e. The zero-order chi connectivity index (χ0) is 12.0. The van der Waals surface area contributed by atoms with Crippen LogP contribution in [0.3, 0.4) is 0 Å². The van der Waals surface area contributed by atoms with Crippen molar-refractivity contribution in [2.75, 3.05) is 0 Å². The van der Waals surface area contributed by atoms with Crippen molar-refractivity contribution in [2.45, 2.75) is 19.1 Å². The maximum absolute atomic E-state index is 11.4. The first-order valence-electron chi connectivity index (χ1n) is 4.74. The minimum absolute atomic E-state index is 0.189. The molecule has 0 saturated carbocycles. The van der Waals surface area contributed by atoms with Crippen molar-refractivity contribution in [1.82, 2.24) is 0 Å². The summed E-state index contributed by atoms with van der Waals surface area (Å²) in [5.41, 5.74) is 6.39. The van der Waals surface area contributed by atoms with Gasteiger partial charge in [-0.1, -0.05) is 34.1 Å². The molecular formula is C12H12BrNO2. The first kappa shape index (κ1) is 12.8. The molecule has 1 rings (SSSR count). The molecule has 0 aliphatic heterocycles. The van der Waals surface area contributed by atoms with Crippen LogP contribution in [0.2, 0.25) is 0 Å². The van der Waals surface area contributed by atoms with E-state index in [0.717, 1.165) is 10.0 Å². The molecule has 0 heterocycles. The summed E-state index contributed by atoms with van der Waals surface area (Å²) in [4.78, 5) is 11.4. The van der Waals surface area contributed by atoms with Gasteiger partial charge in [-0.05, 0) is 6.07 Å². The number of carbonyl (C=O) groups excluding carboxylic acids is 1. The highest BCUT2D eigenvalue weighted by molar-refractivity contribution is 9.10. The second-order valence-electron chi connectivity index (χ2n) is 3.21. The molecule has 0 fully saturated rings. The molecule has 0 aliphatic carbocycles. The summed E-state index contributed by atoms with van der Waals surface area (Å²) in [6.07, 6.45) is 5.24. The number of nitrogens with two attached hydrogens (primary N) is 1. The topological polar surface area (TPSA) is 52.3 Å². The third kappa shape index (κ3) is 3.69. The predicted molar refractivity (Wildman–Crippen MR) is 65.4 cm³/mol. The van der Waals surface area contributed by atoms with Crippen molar-refractivity contribution in [3.05, 3.63) is 34.3 Å². The van der Waals surface area contributed by atoms with Gasteiger partial charge in [-0.2, -0.15) is 0 Å². The predicted octanol–water partition coefficient (Wildman–Crippen LogP) is 1.84. The summed E-state index contributed by atoms with van der Waals surface area (Å²) in [5.74, 6) is 1.84. The minimum Gasteiger partial charge on any atom is -0.460 e. The lowest BCUT2D eigenvalue weighted by Gasteiger charge is -2.09. The van der Waals surface area contributed by atoms with Crippen molar-refractivity contribution >= 4 is 21.9 Å².